The molecule has 27 heavy (non-hydrogen) atoms. The summed E-state index contributed by atoms with van der Waals surface area (Å²) in [6.07, 6.45) is 3.31. The first-order valence-corrected chi connectivity index (χ1v) is 11.2. The summed E-state index contributed by atoms with van der Waals surface area (Å²) in [5.74, 6) is -0.668. The van der Waals surface area contributed by atoms with Crippen LogP contribution in [0.5, 0.6) is 0 Å². The van der Waals surface area contributed by atoms with Gasteiger partial charge < -0.3 is 10.2 Å². The van der Waals surface area contributed by atoms with Crippen LogP contribution in [0.25, 0.3) is 0 Å². The molecule has 1 aromatic rings. The Hall–Kier alpha value is -1.93. The zero-order valence-electron chi connectivity index (χ0n) is 15.7. The molecule has 2 aliphatic heterocycles. The summed E-state index contributed by atoms with van der Waals surface area (Å²) in [7, 11) is -3.30. The zero-order valence-corrected chi connectivity index (χ0v) is 16.5. The Bertz CT molecular complexity index is 803. The second kappa shape index (κ2) is 8.39. The number of hydrogen-bond acceptors (Lipinski definition) is 4. The van der Waals surface area contributed by atoms with Crippen LogP contribution < -0.4 is 5.32 Å². The molecule has 0 spiro atoms. The summed E-state index contributed by atoms with van der Waals surface area (Å²) in [5.41, 5.74) is 0.983. The Morgan fingerprint density at radius 1 is 1.11 bits per heavy atom. The minimum Gasteiger partial charge on any atom is -0.339 e. The van der Waals surface area contributed by atoms with E-state index in [0.717, 1.165) is 25.9 Å². The lowest BCUT2D eigenvalue weighted by atomic mass is 9.98. The molecule has 8 heteroatoms. The Labute approximate surface area is 160 Å². The fraction of sp³-hybridized carbons (Fsp3) is 0.579. The highest BCUT2D eigenvalue weighted by atomic mass is 32.2. The van der Waals surface area contributed by atoms with Gasteiger partial charge in [-0.25, -0.2) is 12.7 Å². The second-order valence-corrected chi connectivity index (χ2v) is 9.39. The van der Waals surface area contributed by atoms with Gasteiger partial charge >= 0.3 is 0 Å². The molecule has 148 valence electrons. The third-order valence-electron chi connectivity index (χ3n) is 5.32. The number of rotatable bonds is 5. The minimum atomic E-state index is -3.30. The van der Waals surface area contributed by atoms with Crippen LogP contribution in [0.2, 0.25) is 0 Å². The van der Waals surface area contributed by atoms with Gasteiger partial charge in [-0.3, -0.25) is 9.59 Å². The van der Waals surface area contributed by atoms with Gasteiger partial charge in [0.2, 0.25) is 15.9 Å². The van der Waals surface area contributed by atoms with E-state index in [9.17, 15) is 18.0 Å². The van der Waals surface area contributed by atoms with Crippen LogP contribution in [0.1, 0.15) is 43.0 Å². The molecule has 3 rings (SSSR count). The molecular weight excluding hydrogens is 366 g/mol. The Balaban J connectivity index is 1.72. The molecule has 0 aliphatic carbocycles. The third kappa shape index (κ3) is 4.50. The molecule has 7 nitrogen and oxygen atoms in total. The highest BCUT2D eigenvalue weighted by Gasteiger charge is 2.32. The molecule has 1 atom stereocenters. The van der Waals surface area contributed by atoms with Gasteiger partial charge in [0.05, 0.1) is 22.9 Å². The molecule has 2 heterocycles. The van der Waals surface area contributed by atoms with Crippen molar-refractivity contribution in [1.82, 2.24) is 9.21 Å². The van der Waals surface area contributed by atoms with E-state index < -0.39 is 15.9 Å². The van der Waals surface area contributed by atoms with E-state index in [2.05, 4.69) is 5.32 Å². The lowest BCUT2D eigenvalue weighted by molar-refractivity contribution is -0.120. The van der Waals surface area contributed by atoms with E-state index >= 15 is 0 Å². The molecule has 2 aliphatic rings. The van der Waals surface area contributed by atoms with Crippen molar-refractivity contribution < 1.29 is 18.0 Å². The van der Waals surface area contributed by atoms with Gasteiger partial charge in [-0.2, -0.15) is 0 Å². The van der Waals surface area contributed by atoms with E-state index in [0.29, 0.717) is 30.6 Å². The number of carbonyl (C=O) groups is 2. The predicted octanol–water partition coefficient (Wildman–Crippen LogP) is 1.92. The number of piperidine rings is 1. The fourth-order valence-electron chi connectivity index (χ4n) is 3.70. The van der Waals surface area contributed by atoms with E-state index in [-0.39, 0.29) is 24.1 Å². The number of hydrogen-bond donors (Lipinski definition) is 1. The number of nitrogens with one attached hydrogen (secondary N) is 1. The first kappa shape index (κ1) is 19.8. The smallest absolute Gasteiger partial charge is 0.255 e. The second-order valence-electron chi connectivity index (χ2n) is 7.13. The maximum absolute atomic E-state index is 12.8. The molecule has 2 amide bonds. The minimum absolute atomic E-state index is 0.0362. The van der Waals surface area contributed by atoms with Crippen LogP contribution in [0.15, 0.2) is 24.3 Å². The Morgan fingerprint density at radius 3 is 2.52 bits per heavy atom. The number of amides is 2. The molecule has 0 bridgehead atoms. The van der Waals surface area contributed by atoms with Crippen LogP contribution in [-0.2, 0) is 14.8 Å². The van der Waals surface area contributed by atoms with E-state index in [4.69, 9.17) is 0 Å². The summed E-state index contributed by atoms with van der Waals surface area (Å²) < 4.78 is 25.6. The number of nitrogens with zero attached hydrogens (tertiary/aromatic N) is 2. The zero-order chi connectivity index (χ0) is 19.4. The molecule has 1 unspecified atom stereocenters. The van der Waals surface area contributed by atoms with Crippen LogP contribution >= 0.6 is 0 Å². The first-order chi connectivity index (χ1) is 12.9. The van der Waals surface area contributed by atoms with Crippen molar-refractivity contribution in [3.8, 4) is 0 Å². The highest BCUT2D eigenvalue weighted by Crippen LogP contribution is 2.24. The Morgan fingerprint density at radius 2 is 1.81 bits per heavy atom. The van der Waals surface area contributed by atoms with E-state index in [1.807, 2.05) is 0 Å². The summed E-state index contributed by atoms with van der Waals surface area (Å²) in [5, 5.41) is 2.87. The third-order valence-corrected chi connectivity index (χ3v) is 7.17. The first-order valence-electron chi connectivity index (χ1n) is 9.59. The summed E-state index contributed by atoms with van der Waals surface area (Å²) in [6, 6.07) is 7.02. The molecular formula is C19H27N3O4S. The predicted molar refractivity (Wildman–Crippen MR) is 104 cm³/mol. The molecule has 0 radical (unpaired) electrons. The van der Waals surface area contributed by atoms with Crippen molar-refractivity contribution in [3.05, 3.63) is 29.8 Å². The number of para-hydroxylation sites is 1. The molecule has 2 saturated heterocycles. The van der Waals surface area contributed by atoms with Crippen molar-refractivity contribution in [3.63, 3.8) is 0 Å². The summed E-state index contributed by atoms with van der Waals surface area (Å²) in [4.78, 5) is 27.3. The van der Waals surface area contributed by atoms with Crippen LogP contribution in [-0.4, -0.2) is 61.4 Å². The monoisotopic (exact) mass is 393 g/mol. The van der Waals surface area contributed by atoms with E-state index in [1.165, 1.54) is 4.31 Å². The van der Waals surface area contributed by atoms with Gasteiger partial charge in [0.25, 0.3) is 5.91 Å². The van der Waals surface area contributed by atoms with Gasteiger partial charge in [0.1, 0.15) is 0 Å². The summed E-state index contributed by atoms with van der Waals surface area (Å²) in [6.45, 7) is 3.76. The molecule has 1 aromatic carbocycles. The lowest BCUT2D eigenvalue weighted by Crippen LogP contribution is -2.44. The average Bonchev–Trinajstić information content (AvgIpc) is 3.23. The largest absolute Gasteiger partial charge is 0.339 e. The van der Waals surface area contributed by atoms with Crippen LogP contribution in [0, 0.1) is 5.92 Å². The number of anilines is 1. The maximum atomic E-state index is 12.8. The Kier molecular flexibility index (Phi) is 6.16. The van der Waals surface area contributed by atoms with Crippen molar-refractivity contribution >= 4 is 27.5 Å². The highest BCUT2D eigenvalue weighted by molar-refractivity contribution is 7.89. The van der Waals surface area contributed by atoms with Crippen LogP contribution in [0.4, 0.5) is 5.69 Å². The van der Waals surface area contributed by atoms with Crippen molar-refractivity contribution in [2.75, 3.05) is 37.2 Å². The normalized spacial score (nSPS) is 21.2. The summed E-state index contributed by atoms with van der Waals surface area (Å²) >= 11 is 0. The number of carbonyl (C=O) groups excluding carboxylic acids is 2. The fourth-order valence-corrected chi connectivity index (χ4v) is 4.88. The lowest BCUT2D eigenvalue weighted by Gasteiger charge is -2.31. The van der Waals surface area contributed by atoms with E-state index in [1.54, 1.807) is 36.1 Å². The number of sulfonamides is 1. The van der Waals surface area contributed by atoms with Crippen LogP contribution in [0.3, 0.4) is 0 Å². The van der Waals surface area contributed by atoms with Gasteiger partial charge in [0.15, 0.2) is 0 Å². The number of likely N-dealkylation sites (tertiary alicyclic amines) is 1. The maximum Gasteiger partial charge on any atom is 0.255 e. The van der Waals surface area contributed by atoms with Gasteiger partial charge in [0, 0.05) is 26.2 Å². The average molecular weight is 394 g/mol. The van der Waals surface area contributed by atoms with Gasteiger partial charge in [-0.1, -0.05) is 12.1 Å². The SMILES string of the molecule is CCS(=O)(=O)N1CCCC(C(=O)Nc2ccccc2C(=O)N2CCCC2)C1. The number of benzene rings is 1. The molecule has 1 N–H and O–H groups in total. The molecule has 0 saturated carbocycles. The van der Waals surface area contributed by atoms with Crippen molar-refractivity contribution in [1.29, 1.82) is 0 Å². The molecule has 0 aromatic heterocycles. The standard InChI is InChI=1S/C19H27N3O4S/c1-2-27(25,26)22-13-7-8-15(14-22)18(23)20-17-10-4-3-9-16(17)19(24)21-11-5-6-12-21/h3-4,9-10,15H,2,5-8,11-14H2,1H3,(H,20,23). The quantitative estimate of drug-likeness (QED) is 0.828. The molecule has 2 fully saturated rings. The topological polar surface area (TPSA) is 86.8 Å². The van der Waals surface area contributed by atoms with Gasteiger partial charge in [-0.05, 0) is 44.7 Å². The van der Waals surface area contributed by atoms with Crippen molar-refractivity contribution in [2.24, 2.45) is 5.92 Å². The van der Waals surface area contributed by atoms with Gasteiger partial charge in [-0.15, -0.1) is 0 Å². The van der Waals surface area contributed by atoms with Crippen molar-refractivity contribution in [2.45, 2.75) is 32.6 Å².